The Kier molecular flexibility index (Phi) is 2.52. The normalized spacial score (nSPS) is 15.9. The summed E-state index contributed by atoms with van der Waals surface area (Å²) in [4.78, 5) is 11.4. The highest BCUT2D eigenvalue weighted by Gasteiger charge is 2.23. The summed E-state index contributed by atoms with van der Waals surface area (Å²) in [5.74, 6) is 0.546. The van der Waals surface area contributed by atoms with Gasteiger partial charge in [-0.3, -0.25) is 0 Å². The number of amidine groups is 1. The molecule has 0 bridgehead atoms. The molecule has 1 aromatic rings. The first-order chi connectivity index (χ1) is 7.58. The summed E-state index contributed by atoms with van der Waals surface area (Å²) in [7, 11) is 3.23. The number of rotatable bonds is 1. The maximum Gasteiger partial charge on any atom is 0.360 e. The van der Waals surface area contributed by atoms with E-state index in [-0.39, 0.29) is 6.03 Å². The fourth-order valence-corrected chi connectivity index (χ4v) is 1.42. The molecule has 0 unspecified atom stereocenters. The highest BCUT2D eigenvalue weighted by atomic mass is 16.2. The first kappa shape index (κ1) is 10.5. The van der Waals surface area contributed by atoms with E-state index in [0.717, 1.165) is 5.56 Å². The lowest BCUT2D eigenvalue weighted by Gasteiger charge is -2.26. The predicted octanol–water partition coefficient (Wildman–Crippen LogP) is 1.17. The third kappa shape index (κ3) is 1.84. The van der Waals surface area contributed by atoms with Crippen LogP contribution in [0.25, 0.3) is 0 Å². The highest BCUT2D eigenvalue weighted by Crippen LogP contribution is 2.09. The van der Waals surface area contributed by atoms with Crippen LogP contribution in [0.3, 0.4) is 0 Å². The Morgan fingerprint density at radius 3 is 2.25 bits per heavy atom. The number of carbonyl (C=O) groups excluding carboxylic acids is 1. The molecule has 0 N–H and O–H groups in total. The van der Waals surface area contributed by atoms with Crippen LogP contribution in [0.1, 0.15) is 11.1 Å². The van der Waals surface area contributed by atoms with Gasteiger partial charge in [-0.05, 0) is 6.92 Å². The Morgan fingerprint density at radius 2 is 1.69 bits per heavy atom. The van der Waals surface area contributed by atoms with Crippen LogP contribution in [0.5, 0.6) is 0 Å². The van der Waals surface area contributed by atoms with Crippen LogP contribution in [-0.2, 0) is 0 Å². The molecule has 2 rings (SSSR count). The predicted molar refractivity (Wildman–Crippen MR) is 60.8 cm³/mol. The molecule has 5 nitrogen and oxygen atoms in total. The van der Waals surface area contributed by atoms with Gasteiger partial charge in [0.2, 0.25) is 0 Å². The largest absolute Gasteiger partial charge is 0.360 e. The van der Waals surface area contributed by atoms with E-state index in [1.54, 1.807) is 14.1 Å². The zero-order valence-electron chi connectivity index (χ0n) is 9.51. The zero-order valence-corrected chi connectivity index (χ0v) is 9.51. The van der Waals surface area contributed by atoms with E-state index in [1.165, 1.54) is 15.6 Å². The first-order valence-corrected chi connectivity index (χ1v) is 4.96. The second-order valence-corrected chi connectivity index (χ2v) is 3.72. The number of hydrogen-bond donors (Lipinski definition) is 0. The standard InChI is InChI=1S/C11H13N4O/c1-8-4-6-9(7-5-8)10-12-14(2)11(16)15(3)13-10/h4-7H,1-3H3. The molecule has 0 spiro atoms. The van der Waals surface area contributed by atoms with Crippen molar-refractivity contribution >= 4 is 11.9 Å². The van der Waals surface area contributed by atoms with Crippen molar-refractivity contribution in [2.24, 2.45) is 5.10 Å². The lowest BCUT2D eigenvalue weighted by Crippen LogP contribution is -2.48. The second kappa shape index (κ2) is 3.84. The minimum atomic E-state index is -0.240. The molecule has 1 aliphatic rings. The van der Waals surface area contributed by atoms with Crippen LogP contribution in [0.4, 0.5) is 4.79 Å². The van der Waals surface area contributed by atoms with E-state index >= 15 is 0 Å². The van der Waals surface area contributed by atoms with Crippen LogP contribution in [0, 0.1) is 6.92 Å². The minimum absolute atomic E-state index is 0.240. The number of benzene rings is 1. The third-order valence-electron chi connectivity index (χ3n) is 2.35. The van der Waals surface area contributed by atoms with Crippen LogP contribution < -0.4 is 5.43 Å². The molecule has 1 aliphatic heterocycles. The molecule has 0 atom stereocenters. The SMILES string of the molecule is Cc1ccc(C2=NN(C)C(=O)N(C)[N]2)cc1. The van der Waals surface area contributed by atoms with Crippen molar-refractivity contribution in [3.8, 4) is 0 Å². The van der Waals surface area contributed by atoms with E-state index < -0.39 is 0 Å². The van der Waals surface area contributed by atoms with Gasteiger partial charge in [0.05, 0.1) is 0 Å². The van der Waals surface area contributed by atoms with Gasteiger partial charge in [0.15, 0.2) is 5.84 Å². The van der Waals surface area contributed by atoms with Gasteiger partial charge in [-0.2, -0.15) is 0 Å². The van der Waals surface area contributed by atoms with Gasteiger partial charge in [-0.1, -0.05) is 29.8 Å². The average Bonchev–Trinajstić information content (AvgIpc) is 2.26. The molecule has 16 heavy (non-hydrogen) atoms. The van der Waals surface area contributed by atoms with E-state index in [9.17, 15) is 4.79 Å². The van der Waals surface area contributed by atoms with Crippen LogP contribution in [0.2, 0.25) is 0 Å². The molecule has 1 heterocycles. The monoisotopic (exact) mass is 217 g/mol. The Labute approximate surface area is 94.3 Å². The summed E-state index contributed by atoms with van der Waals surface area (Å²) in [5, 5.41) is 6.67. The van der Waals surface area contributed by atoms with Crippen molar-refractivity contribution < 1.29 is 4.79 Å². The molecule has 2 amide bonds. The van der Waals surface area contributed by atoms with Crippen molar-refractivity contribution in [2.45, 2.75) is 6.92 Å². The zero-order chi connectivity index (χ0) is 11.7. The van der Waals surface area contributed by atoms with Crippen molar-refractivity contribution in [3.63, 3.8) is 0 Å². The summed E-state index contributed by atoms with van der Waals surface area (Å²) in [6.45, 7) is 2.02. The van der Waals surface area contributed by atoms with E-state index in [0.29, 0.717) is 5.84 Å². The lowest BCUT2D eigenvalue weighted by atomic mass is 10.1. The first-order valence-electron chi connectivity index (χ1n) is 4.96. The number of hydrogen-bond acceptors (Lipinski definition) is 2. The number of amides is 2. The molecule has 0 aromatic heterocycles. The third-order valence-corrected chi connectivity index (χ3v) is 2.35. The molecule has 0 fully saturated rings. The molecular weight excluding hydrogens is 204 g/mol. The van der Waals surface area contributed by atoms with Crippen molar-refractivity contribution in [1.29, 1.82) is 0 Å². The van der Waals surface area contributed by atoms with Gasteiger partial charge in [0.25, 0.3) is 0 Å². The van der Waals surface area contributed by atoms with Crippen LogP contribution in [0.15, 0.2) is 29.4 Å². The van der Waals surface area contributed by atoms with Gasteiger partial charge in [-0.15, -0.1) is 10.5 Å². The number of aryl methyl sites for hydroxylation is 1. The van der Waals surface area contributed by atoms with E-state index in [2.05, 4.69) is 10.5 Å². The Bertz CT molecular complexity index is 438. The summed E-state index contributed by atoms with van der Waals surface area (Å²) in [5.41, 5.74) is 6.18. The van der Waals surface area contributed by atoms with E-state index in [4.69, 9.17) is 0 Å². The summed E-state index contributed by atoms with van der Waals surface area (Å²) in [6, 6.07) is 7.62. The summed E-state index contributed by atoms with van der Waals surface area (Å²) < 4.78 is 0. The Morgan fingerprint density at radius 1 is 1.06 bits per heavy atom. The number of nitrogens with zero attached hydrogens (tertiary/aromatic N) is 4. The Balaban J connectivity index is 2.31. The smallest absolute Gasteiger partial charge is 0.244 e. The maximum absolute atomic E-state index is 11.4. The fourth-order valence-electron chi connectivity index (χ4n) is 1.42. The molecule has 83 valence electrons. The summed E-state index contributed by atoms with van der Waals surface area (Å²) >= 11 is 0. The highest BCUT2D eigenvalue weighted by molar-refractivity contribution is 6.01. The number of urea groups is 1. The molecule has 0 aliphatic carbocycles. The summed E-state index contributed by atoms with van der Waals surface area (Å²) in [6.07, 6.45) is 0. The molecular formula is C11H13N4O. The minimum Gasteiger partial charge on any atom is -0.244 e. The molecule has 0 saturated carbocycles. The molecule has 1 aromatic carbocycles. The van der Waals surface area contributed by atoms with Gasteiger partial charge >= 0.3 is 6.03 Å². The Hall–Kier alpha value is -2.04. The number of hydrazone groups is 1. The van der Waals surface area contributed by atoms with Crippen LogP contribution >= 0.6 is 0 Å². The number of carbonyl (C=O) groups is 1. The molecule has 5 heteroatoms. The van der Waals surface area contributed by atoms with Crippen molar-refractivity contribution in [3.05, 3.63) is 35.4 Å². The topological polar surface area (TPSA) is 50.0 Å². The average molecular weight is 217 g/mol. The van der Waals surface area contributed by atoms with Gasteiger partial charge in [0.1, 0.15) is 0 Å². The van der Waals surface area contributed by atoms with Crippen molar-refractivity contribution in [2.75, 3.05) is 14.1 Å². The van der Waals surface area contributed by atoms with Gasteiger partial charge < -0.3 is 0 Å². The van der Waals surface area contributed by atoms with Crippen molar-refractivity contribution in [1.82, 2.24) is 15.4 Å². The van der Waals surface area contributed by atoms with Crippen LogP contribution in [-0.4, -0.2) is 36.0 Å². The quantitative estimate of drug-likeness (QED) is 0.696. The fraction of sp³-hybridized carbons (Fsp3) is 0.273. The maximum atomic E-state index is 11.4. The second-order valence-electron chi connectivity index (χ2n) is 3.72. The van der Waals surface area contributed by atoms with Gasteiger partial charge in [-0.25, -0.2) is 14.8 Å². The van der Waals surface area contributed by atoms with Gasteiger partial charge in [0, 0.05) is 19.7 Å². The molecule has 0 saturated heterocycles. The lowest BCUT2D eigenvalue weighted by molar-refractivity contribution is 0.155. The van der Waals surface area contributed by atoms with E-state index in [1.807, 2.05) is 31.2 Å². The molecule has 1 radical (unpaired) electrons.